The molecule has 1 atom stereocenters. The predicted molar refractivity (Wildman–Crippen MR) is 134 cm³/mol. The Balaban J connectivity index is 1.65. The summed E-state index contributed by atoms with van der Waals surface area (Å²) in [5.74, 6) is 0. The molecule has 0 amide bonds. The van der Waals surface area contributed by atoms with E-state index in [4.69, 9.17) is 0 Å². The van der Waals surface area contributed by atoms with Crippen LogP contribution in [0.15, 0.2) is 93.9 Å². The van der Waals surface area contributed by atoms with Gasteiger partial charge >= 0.3 is 0 Å². The fourth-order valence-electron chi connectivity index (χ4n) is 4.75. The predicted octanol–water partition coefficient (Wildman–Crippen LogP) is 7.57. The summed E-state index contributed by atoms with van der Waals surface area (Å²) in [4.78, 5) is 0. The van der Waals surface area contributed by atoms with Crippen LogP contribution in [0.5, 0.6) is 0 Å². The van der Waals surface area contributed by atoms with Crippen molar-refractivity contribution in [3.05, 3.63) is 127 Å². The second-order valence-corrected chi connectivity index (χ2v) is 9.97. The van der Waals surface area contributed by atoms with Crippen molar-refractivity contribution in [1.82, 2.24) is 0 Å². The molecule has 0 fully saturated rings. The van der Waals surface area contributed by atoms with Crippen LogP contribution in [0, 0.1) is 6.92 Å². The number of hydrogen-bond acceptors (Lipinski definition) is 1. The lowest BCUT2D eigenvalue weighted by Crippen LogP contribution is -2.28. The van der Waals surface area contributed by atoms with Crippen molar-refractivity contribution < 1.29 is 5.11 Å². The Morgan fingerprint density at radius 2 is 1.29 bits per heavy atom. The van der Waals surface area contributed by atoms with Crippen LogP contribution in [-0.4, -0.2) is 5.11 Å². The van der Waals surface area contributed by atoms with Gasteiger partial charge in [0.2, 0.25) is 0 Å². The average molecular weight is 534 g/mol. The van der Waals surface area contributed by atoms with E-state index in [9.17, 15) is 5.11 Å². The molecule has 5 rings (SSSR count). The van der Waals surface area contributed by atoms with Gasteiger partial charge in [-0.2, -0.15) is 0 Å². The maximum Gasteiger partial charge on any atom is 0.142 e. The van der Waals surface area contributed by atoms with Gasteiger partial charge in [-0.25, -0.2) is 0 Å². The molecule has 154 valence electrons. The molecular formula is C28H22Br2O. The minimum absolute atomic E-state index is 0.855. The van der Waals surface area contributed by atoms with Crippen LogP contribution < -0.4 is 0 Å². The zero-order valence-corrected chi connectivity index (χ0v) is 20.4. The maximum atomic E-state index is 12.4. The lowest BCUT2D eigenvalue weighted by Gasteiger charge is -2.29. The third kappa shape index (κ3) is 3.49. The van der Waals surface area contributed by atoms with Gasteiger partial charge in [0.25, 0.3) is 0 Å². The fraction of sp³-hybridized carbons (Fsp3) is 0.143. The van der Waals surface area contributed by atoms with Crippen LogP contribution in [0.25, 0.3) is 11.1 Å². The Morgan fingerprint density at radius 3 is 2.06 bits per heavy atom. The Kier molecular flexibility index (Phi) is 5.37. The van der Waals surface area contributed by atoms with Crippen molar-refractivity contribution in [3.63, 3.8) is 0 Å². The number of halogens is 2. The molecule has 0 saturated carbocycles. The molecule has 0 bridgehead atoms. The number of aryl methyl sites for hydroxylation is 3. The molecule has 1 N–H and O–H groups in total. The first-order valence-corrected chi connectivity index (χ1v) is 12.0. The summed E-state index contributed by atoms with van der Waals surface area (Å²) in [6.45, 7) is 2.10. The Morgan fingerprint density at radius 1 is 0.677 bits per heavy atom. The molecule has 0 radical (unpaired) electrons. The molecule has 4 aromatic rings. The number of aliphatic hydroxyl groups is 1. The first kappa shape index (κ1) is 20.7. The lowest BCUT2D eigenvalue weighted by molar-refractivity contribution is 0.129. The van der Waals surface area contributed by atoms with Crippen LogP contribution in [-0.2, 0) is 18.4 Å². The molecular weight excluding hydrogens is 512 g/mol. The zero-order valence-electron chi connectivity index (χ0n) is 17.2. The highest BCUT2D eigenvalue weighted by atomic mass is 79.9. The molecule has 1 aliphatic carbocycles. The van der Waals surface area contributed by atoms with E-state index in [1.54, 1.807) is 0 Å². The molecule has 1 unspecified atom stereocenters. The monoisotopic (exact) mass is 532 g/mol. The Bertz CT molecular complexity index is 1240. The quantitative estimate of drug-likeness (QED) is 0.287. The molecule has 31 heavy (non-hydrogen) atoms. The first-order chi connectivity index (χ1) is 15.0. The van der Waals surface area contributed by atoms with Gasteiger partial charge in [0, 0.05) is 20.1 Å². The van der Waals surface area contributed by atoms with E-state index in [1.165, 1.54) is 16.7 Å². The van der Waals surface area contributed by atoms with E-state index in [2.05, 4.69) is 106 Å². The van der Waals surface area contributed by atoms with Gasteiger partial charge < -0.3 is 5.11 Å². The maximum absolute atomic E-state index is 12.4. The number of rotatable bonds is 4. The van der Waals surface area contributed by atoms with Gasteiger partial charge in [-0.1, -0.05) is 104 Å². The molecule has 1 nitrogen and oxygen atoms in total. The largest absolute Gasteiger partial charge is 0.376 e. The van der Waals surface area contributed by atoms with Gasteiger partial charge in [0.05, 0.1) is 0 Å². The smallest absolute Gasteiger partial charge is 0.142 e. The van der Waals surface area contributed by atoms with Crippen molar-refractivity contribution in [2.45, 2.75) is 25.4 Å². The summed E-state index contributed by atoms with van der Waals surface area (Å²) >= 11 is 7.28. The fourth-order valence-corrected chi connectivity index (χ4v) is 5.59. The second-order valence-electron chi connectivity index (χ2n) is 8.20. The molecule has 4 aromatic carbocycles. The standard InChI is InChI=1S/C28H22Br2O/c1-18-10-14-25-22(16-18)23-17-21(29)13-15-26(23)28(25,31)24-8-4-2-6-19(24)11-12-20-7-3-5-9-27(20)30/h2-10,13-17,31H,11-12H2,1H3. The van der Waals surface area contributed by atoms with Crippen molar-refractivity contribution in [2.24, 2.45) is 0 Å². The molecule has 0 aromatic heterocycles. The van der Waals surface area contributed by atoms with E-state index in [-0.39, 0.29) is 0 Å². The number of benzene rings is 4. The van der Waals surface area contributed by atoms with E-state index < -0.39 is 5.60 Å². The van der Waals surface area contributed by atoms with Crippen LogP contribution in [0.4, 0.5) is 0 Å². The van der Waals surface area contributed by atoms with E-state index in [1.807, 2.05) is 18.2 Å². The van der Waals surface area contributed by atoms with Crippen molar-refractivity contribution in [1.29, 1.82) is 0 Å². The number of fused-ring (bicyclic) bond motifs is 3. The Hall–Kier alpha value is -2.20. The van der Waals surface area contributed by atoms with Gasteiger partial charge in [0.15, 0.2) is 0 Å². The molecule has 3 heteroatoms. The second kappa shape index (κ2) is 8.05. The molecule has 0 saturated heterocycles. The van der Waals surface area contributed by atoms with Crippen LogP contribution in [0.1, 0.15) is 33.4 Å². The van der Waals surface area contributed by atoms with Crippen LogP contribution >= 0.6 is 31.9 Å². The average Bonchev–Trinajstić information content (AvgIpc) is 3.01. The summed E-state index contributed by atoms with van der Waals surface area (Å²) < 4.78 is 2.15. The number of hydrogen-bond donors (Lipinski definition) is 1. The Labute approximate surface area is 200 Å². The van der Waals surface area contributed by atoms with Crippen LogP contribution in [0.2, 0.25) is 0 Å². The summed E-state index contributed by atoms with van der Waals surface area (Å²) in [6, 6.07) is 29.2. The van der Waals surface area contributed by atoms with Crippen molar-refractivity contribution in [2.75, 3.05) is 0 Å². The zero-order chi connectivity index (χ0) is 21.6. The molecule has 1 aliphatic rings. The van der Waals surface area contributed by atoms with Gasteiger partial charge in [0.1, 0.15) is 5.60 Å². The summed E-state index contributed by atoms with van der Waals surface area (Å²) in [7, 11) is 0. The van der Waals surface area contributed by atoms with Crippen LogP contribution in [0.3, 0.4) is 0 Å². The van der Waals surface area contributed by atoms with Crippen molar-refractivity contribution >= 4 is 31.9 Å². The summed E-state index contributed by atoms with van der Waals surface area (Å²) in [5, 5.41) is 12.4. The third-order valence-electron chi connectivity index (χ3n) is 6.26. The highest BCUT2D eigenvalue weighted by Gasteiger charge is 2.44. The topological polar surface area (TPSA) is 20.2 Å². The third-order valence-corrected chi connectivity index (χ3v) is 7.52. The van der Waals surface area contributed by atoms with E-state index in [0.29, 0.717) is 0 Å². The normalized spacial score (nSPS) is 16.8. The van der Waals surface area contributed by atoms with Gasteiger partial charge in [-0.15, -0.1) is 0 Å². The SMILES string of the molecule is Cc1ccc2c(c1)-c1cc(Br)ccc1C2(O)c1ccccc1CCc1ccccc1Br. The van der Waals surface area contributed by atoms with Gasteiger partial charge in [-0.3, -0.25) is 0 Å². The molecule has 0 aliphatic heterocycles. The van der Waals surface area contributed by atoms with E-state index >= 15 is 0 Å². The van der Waals surface area contributed by atoms with Crippen molar-refractivity contribution in [3.8, 4) is 11.1 Å². The minimum Gasteiger partial charge on any atom is -0.376 e. The summed E-state index contributed by atoms with van der Waals surface area (Å²) in [5.41, 5.74) is 7.55. The minimum atomic E-state index is -1.16. The van der Waals surface area contributed by atoms with E-state index in [0.717, 1.165) is 49.6 Å². The molecule has 0 spiro atoms. The first-order valence-electron chi connectivity index (χ1n) is 10.4. The molecule has 0 heterocycles. The van der Waals surface area contributed by atoms with Gasteiger partial charge in [-0.05, 0) is 65.8 Å². The highest BCUT2D eigenvalue weighted by Crippen LogP contribution is 2.52. The highest BCUT2D eigenvalue weighted by molar-refractivity contribution is 9.10. The lowest BCUT2D eigenvalue weighted by atomic mass is 9.80. The summed E-state index contributed by atoms with van der Waals surface area (Å²) in [6.07, 6.45) is 1.76.